The number of aldehydes is 1. The minimum absolute atomic E-state index is 0.0324. The number of primary amides is 2. The lowest BCUT2D eigenvalue weighted by molar-refractivity contribution is 0.0982. The summed E-state index contributed by atoms with van der Waals surface area (Å²) in [5, 5.41) is 0. The first kappa shape index (κ1) is 27.9. The number of amides is 2. The number of carbonyl (C=O) groups is 5. The van der Waals surface area contributed by atoms with Gasteiger partial charge in [0.2, 0.25) is 17.6 Å². The van der Waals surface area contributed by atoms with Gasteiger partial charge < -0.3 is 20.3 Å². The SMILES string of the molecule is CC(=O)c1ccco1.NC(=O)c1ccc(/C=C/C(=O)c2ccco2)cc1.NC(=O)c1ccc(C=O)cc1. The van der Waals surface area contributed by atoms with Gasteiger partial charge >= 0.3 is 0 Å². The molecular formula is C28H24N2O7. The van der Waals surface area contributed by atoms with Gasteiger partial charge in [-0.15, -0.1) is 0 Å². The second-order valence-corrected chi connectivity index (χ2v) is 7.30. The zero-order valence-corrected chi connectivity index (χ0v) is 19.8. The second-order valence-electron chi connectivity index (χ2n) is 7.30. The summed E-state index contributed by atoms with van der Waals surface area (Å²) >= 11 is 0. The fourth-order valence-electron chi connectivity index (χ4n) is 2.64. The van der Waals surface area contributed by atoms with Crippen LogP contribution in [-0.4, -0.2) is 29.7 Å². The Morgan fingerprint density at radius 1 is 0.676 bits per heavy atom. The van der Waals surface area contributed by atoms with Crippen molar-refractivity contribution in [1.82, 2.24) is 0 Å². The molecule has 0 aliphatic carbocycles. The summed E-state index contributed by atoms with van der Waals surface area (Å²) < 4.78 is 9.72. The van der Waals surface area contributed by atoms with Gasteiger partial charge in [-0.3, -0.25) is 24.0 Å². The predicted octanol–water partition coefficient (Wildman–Crippen LogP) is 4.35. The Hall–Kier alpha value is -5.31. The number of allylic oxidation sites excluding steroid dienone is 1. The number of ketones is 2. The zero-order chi connectivity index (χ0) is 27.2. The van der Waals surface area contributed by atoms with Crippen LogP contribution in [-0.2, 0) is 0 Å². The standard InChI is InChI=1S/C14H11NO3.C8H7NO2.C6H6O2/c15-14(17)11-6-3-10(4-7-11)5-8-12(16)13-2-1-9-18-13;9-8(11)7-3-1-6(5-10)2-4-7;1-5(7)6-3-2-4-8-6/h1-9H,(H2,15,17);1-5H,(H2,9,11);2-4H,1H3/b8-5+;;. The molecule has 4 rings (SSSR count). The lowest BCUT2D eigenvalue weighted by atomic mass is 10.1. The topological polar surface area (TPSA) is 164 Å². The molecule has 2 heterocycles. The normalized spacial score (nSPS) is 9.86. The molecule has 2 amide bonds. The number of benzene rings is 2. The van der Waals surface area contributed by atoms with Crippen LogP contribution < -0.4 is 11.5 Å². The molecule has 9 nitrogen and oxygen atoms in total. The molecule has 0 fully saturated rings. The first-order valence-corrected chi connectivity index (χ1v) is 10.8. The Kier molecular flexibility index (Phi) is 10.7. The molecule has 0 aliphatic rings. The van der Waals surface area contributed by atoms with Crippen molar-refractivity contribution < 1.29 is 32.8 Å². The molecule has 0 bridgehead atoms. The Morgan fingerprint density at radius 3 is 1.49 bits per heavy atom. The largest absolute Gasteiger partial charge is 0.461 e. The smallest absolute Gasteiger partial charge is 0.248 e. The lowest BCUT2D eigenvalue weighted by Crippen LogP contribution is -2.10. The third-order valence-corrected chi connectivity index (χ3v) is 4.59. The molecule has 37 heavy (non-hydrogen) atoms. The van der Waals surface area contributed by atoms with Crippen LogP contribution in [0.5, 0.6) is 0 Å². The molecule has 2 aromatic carbocycles. The van der Waals surface area contributed by atoms with Crippen LogP contribution in [0.3, 0.4) is 0 Å². The molecule has 0 atom stereocenters. The predicted molar refractivity (Wildman–Crippen MR) is 136 cm³/mol. The maximum atomic E-state index is 11.6. The van der Waals surface area contributed by atoms with Gasteiger partial charge in [-0.05, 0) is 60.2 Å². The van der Waals surface area contributed by atoms with Gasteiger partial charge in [-0.2, -0.15) is 0 Å². The van der Waals surface area contributed by atoms with Crippen LogP contribution in [0.2, 0.25) is 0 Å². The Morgan fingerprint density at radius 2 is 1.14 bits per heavy atom. The van der Waals surface area contributed by atoms with Crippen molar-refractivity contribution in [2.75, 3.05) is 0 Å². The van der Waals surface area contributed by atoms with Crippen LogP contribution >= 0.6 is 0 Å². The molecule has 4 aromatic rings. The summed E-state index contributed by atoms with van der Waals surface area (Å²) in [6, 6.07) is 19.4. The van der Waals surface area contributed by atoms with E-state index >= 15 is 0 Å². The molecule has 0 unspecified atom stereocenters. The monoisotopic (exact) mass is 500 g/mol. The summed E-state index contributed by atoms with van der Waals surface area (Å²) in [6.07, 6.45) is 6.71. The van der Waals surface area contributed by atoms with Crippen LogP contribution in [0.4, 0.5) is 0 Å². The third kappa shape index (κ3) is 9.45. The van der Waals surface area contributed by atoms with Crippen molar-refractivity contribution in [2.24, 2.45) is 11.5 Å². The molecule has 0 aliphatic heterocycles. The van der Waals surface area contributed by atoms with E-state index in [1.807, 2.05) is 0 Å². The highest BCUT2D eigenvalue weighted by Gasteiger charge is 2.04. The van der Waals surface area contributed by atoms with Gasteiger partial charge in [0.05, 0.1) is 12.5 Å². The van der Waals surface area contributed by atoms with Gasteiger partial charge in [0.25, 0.3) is 0 Å². The fraction of sp³-hybridized carbons (Fsp3) is 0.0357. The maximum absolute atomic E-state index is 11.6. The number of Topliss-reactive ketones (excluding diaryl/α,β-unsaturated/α-hetero) is 1. The molecule has 0 spiro atoms. The molecular weight excluding hydrogens is 476 g/mol. The number of furan rings is 2. The van der Waals surface area contributed by atoms with E-state index in [-0.39, 0.29) is 11.6 Å². The fourth-order valence-corrected chi connectivity index (χ4v) is 2.64. The number of carbonyl (C=O) groups excluding carboxylic acids is 5. The van der Waals surface area contributed by atoms with Crippen LogP contribution in [0.1, 0.15) is 64.7 Å². The average Bonchev–Trinajstić information content (AvgIpc) is 3.63. The van der Waals surface area contributed by atoms with E-state index in [0.29, 0.717) is 34.5 Å². The minimum atomic E-state index is -0.484. The summed E-state index contributed by atoms with van der Waals surface area (Å²) in [6.45, 7) is 1.47. The minimum Gasteiger partial charge on any atom is -0.461 e. The molecule has 188 valence electrons. The van der Waals surface area contributed by atoms with Crippen molar-refractivity contribution in [3.63, 3.8) is 0 Å². The molecule has 0 saturated heterocycles. The van der Waals surface area contributed by atoms with Gasteiger partial charge in [-0.25, -0.2) is 0 Å². The molecule has 4 N–H and O–H groups in total. The Bertz CT molecular complexity index is 1350. The first-order chi connectivity index (χ1) is 17.7. The maximum Gasteiger partial charge on any atom is 0.248 e. The van der Waals surface area contributed by atoms with Gasteiger partial charge in [-0.1, -0.05) is 30.3 Å². The van der Waals surface area contributed by atoms with Crippen molar-refractivity contribution >= 4 is 35.7 Å². The quantitative estimate of drug-likeness (QED) is 0.216. The van der Waals surface area contributed by atoms with Gasteiger partial charge in [0.1, 0.15) is 6.29 Å². The van der Waals surface area contributed by atoms with E-state index in [0.717, 1.165) is 5.56 Å². The molecule has 0 saturated carbocycles. The van der Waals surface area contributed by atoms with Crippen LogP contribution in [0.15, 0.2) is 100 Å². The number of hydrogen-bond acceptors (Lipinski definition) is 7. The van der Waals surface area contributed by atoms with Gasteiger partial charge in [0, 0.05) is 23.6 Å². The Labute approximate surface area is 212 Å². The molecule has 0 radical (unpaired) electrons. The van der Waals surface area contributed by atoms with Crippen molar-refractivity contribution in [2.45, 2.75) is 6.92 Å². The van der Waals surface area contributed by atoms with Crippen LogP contribution in [0, 0.1) is 0 Å². The average molecular weight is 501 g/mol. The zero-order valence-electron chi connectivity index (χ0n) is 19.8. The number of rotatable bonds is 7. The molecule has 2 aromatic heterocycles. The third-order valence-electron chi connectivity index (χ3n) is 4.59. The van der Waals surface area contributed by atoms with E-state index in [4.69, 9.17) is 20.3 Å². The van der Waals surface area contributed by atoms with E-state index < -0.39 is 11.8 Å². The Balaban J connectivity index is 0.000000215. The van der Waals surface area contributed by atoms with Crippen molar-refractivity contribution in [1.29, 1.82) is 0 Å². The van der Waals surface area contributed by atoms with Gasteiger partial charge in [0.15, 0.2) is 17.3 Å². The summed E-state index contributed by atoms with van der Waals surface area (Å²) in [7, 11) is 0. The van der Waals surface area contributed by atoms with E-state index in [9.17, 15) is 24.0 Å². The molecule has 9 heteroatoms. The second kappa shape index (κ2) is 14.2. The van der Waals surface area contributed by atoms with E-state index in [1.54, 1.807) is 66.7 Å². The number of hydrogen-bond donors (Lipinski definition) is 2. The van der Waals surface area contributed by atoms with E-state index in [1.165, 1.54) is 37.7 Å². The lowest BCUT2D eigenvalue weighted by Gasteiger charge is -1.96. The van der Waals surface area contributed by atoms with Crippen molar-refractivity contribution in [3.8, 4) is 0 Å². The summed E-state index contributed by atoms with van der Waals surface area (Å²) in [5.41, 5.74) is 12.3. The van der Waals surface area contributed by atoms with E-state index in [2.05, 4.69) is 0 Å². The summed E-state index contributed by atoms with van der Waals surface area (Å²) in [5.74, 6) is -0.487. The summed E-state index contributed by atoms with van der Waals surface area (Å²) in [4.78, 5) is 53.6. The van der Waals surface area contributed by atoms with Crippen molar-refractivity contribution in [3.05, 3.63) is 125 Å². The van der Waals surface area contributed by atoms with Crippen LogP contribution in [0.25, 0.3) is 6.08 Å². The highest BCUT2D eigenvalue weighted by atomic mass is 16.3. The first-order valence-electron chi connectivity index (χ1n) is 10.8. The highest BCUT2D eigenvalue weighted by Crippen LogP contribution is 2.08. The highest BCUT2D eigenvalue weighted by molar-refractivity contribution is 6.04. The number of nitrogens with two attached hydrogens (primary N) is 2.